The Hall–Kier alpha value is -2.22. The van der Waals surface area contributed by atoms with E-state index in [-0.39, 0.29) is 17.7 Å². The molecule has 1 heterocycles. The second-order valence-electron chi connectivity index (χ2n) is 8.03. The van der Waals surface area contributed by atoms with Crippen LogP contribution in [0.5, 0.6) is 0 Å². The highest BCUT2D eigenvalue weighted by Gasteiger charge is 2.24. The molecule has 1 amide bonds. The van der Waals surface area contributed by atoms with E-state index in [9.17, 15) is 13.2 Å². The Morgan fingerprint density at radius 2 is 1.67 bits per heavy atom. The summed E-state index contributed by atoms with van der Waals surface area (Å²) < 4.78 is 31.8. The molecule has 0 unspecified atom stereocenters. The molecule has 162 valence electrons. The number of morpholine rings is 1. The van der Waals surface area contributed by atoms with Crippen LogP contribution in [0.15, 0.2) is 54.6 Å². The second-order valence-corrected chi connectivity index (χ2v) is 10.00. The molecule has 2 aromatic rings. The fourth-order valence-corrected chi connectivity index (χ4v) is 5.06. The van der Waals surface area contributed by atoms with Crippen LogP contribution in [0.2, 0.25) is 0 Å². The molecule has 0 radical (unpaired) electrons. The van der Waals surface area contributed by atoms with E-state index in [1.165, 1.54) is 4.31 Å². The number of rotatable bonds is 8. The van der Waals surface area contributed by atoms with E-state index in [0.29, 0.717) is 43.3 Å². The predicted octanol–water partition coefficient (Wildman–Crippen LogP) is 3.37. The Bertz CT molecular complexity index is 921. The van der Waals surface area contributed by atoms with E-state index in [0.717, 1.165) is 12.0 Å². The summed E-state index contributed by atoms with van der Waals surface area (Å²) in [7, 11) is -3.39. The smallest absolute Gasteiger partial charge is 0.251 e. The number of carbonyl (C=O) groups is 1. The molecule has 6 nitrogen and oxygen atoms in total. The third-order valence-electron chi connectivity index (χ3n) is 5.14. The first-order valence-corrected chi connectivity index (χ1v) is 12.0. The first kappa shape index (κ1) is 22.5. The lowest BCUT2D eigenvalue weighted by Gasteiger charge is -2.26. The van der Waals surface area contributed by atoms with Crippen LogP contribution in [0.3, 0.4) is 0 Å². The highest BCUT2D eigenvalue weighted by molar-refractivity contribution is 7.88. The van der Waals surface area contributed by atoms with Crippen molar-refractivity contribution in [1.82, 2.24) is 9.62 Å². The number of hydrogen-bond acceptors (Lipinski definition) is 4. The zero-order chi connectivity index (χ0) is 21.6. The molecule has 1 N–H and O–H groups in total. The van der Waals surface area contributed by atoms with Crippen molar-refractivity contribution in [1.29, 1.82) is 0 Å². The normalized spacial score (nSPS) is 16.4. The van der Waals surface area contributed by atoms with Crippen LogP contribution in [-0.4, -0.2) is 44.9 Å². The number of hydrogen-bond donors (Lipinski definition) is 1. The number of sulfonamides is 1. The second kappa shape index (κ2) is 10.2. The maximum Gasteiger partial charge on any atom is 0.251 e. The van der Waals surface area contributed by atoms with Gasteiger partial charge in [-0.3, -0.25) is 4.79 Å². The van der Waals surface area contributed by atoms with Crippen LogP contribution in [0, 0.1) is 5.92 Å². The fourth-order valence-electron chi connectivity index (χ4n) is 3.56. The van der Waals surface area contributed by atoms with Crippen molar-refractivity contribution in [2.45, 2.75) is 32.1 Å². The van der Waals surface area contributed by atoms with Crippen molar-refractivity contribution in [3.63, 3.8) is 0 Å². The van der Waals surface area contributed by atoms with Gasteiger partial charge < -0.3 is 10.1 Å². The summed E-state index contributed by atoms with van der Waals surface area (Å²) in [4.78, 5) is 12.8. The fraction of sp³-hybridized carbons (Fsp3) is 0.435. The zero-order valence-electron chi connectivity index (χ0n) is 17.6. The lowest BCUT2D eigenvalue weighted by Crippen LogP contribution is -2.41. The standard InChI is InChI=1S/C23H30N2O4S/c1-18(2)16-22(20-6-4-3-5-7-20)24-23(26)21-10-8-19(9-11-21)17-30(27,28)25-12-14-29-15-13-25/h3-11,18,22H,12-17H2,1-2H3,(H,24,26)/t22-/m1/s1. The monoisotopic (exact) mass is 430 g/mol. The summed E-state index contributed by atoms with van der Waals surface area (Å²) in [5.41, 5.74) is 2.26. The number of carbonyl (C=O) groups excluding carboxylic acids is 1. The average molecular weight is 431 g/mol. The molecule has 0 aliphatic carbocycles. The summed E-state index contributed by atoms with van der Waals surface area (Å²) in [6.07, 6.45) is 0.839. The molecular weight excluding hydrogens is 400 g/mol. The molecule has 0 saturated carbocycles. The van der Waals surface area contributed by atoms with Crippen LogP contribution in [0.1, 0.15) is 47.8 Å². The first-order chi connectivity index (χ1) is 14.3. The molecule has 0 aromatic heterocycles. The summed E-state index contributed by atoms with van der Waals surface area (Å²) >= 11 is 0. The maximum atomic E-state index is 12.8. The predicted molar refractivity (Wildman–Crippen MR) is 118 cm³/mol. The van der Waals surface area contributed by atoms with Crippen molar-refractivity contribution in [2.24, 2.45) is 5.92 Å². The van der Waals surface area contributed by atoms with Gasteiger partial charge in [-0.2, -0.15) is 4.31 Å². The lowest BCUT2D eigenvalue weighted by molar-refractivity contribution is 0.0729. The Balaban J connectivity index is 1.66. The van der Waals surface area contributed by atoms with Crippen LogP contribution < -0.4 is 5.32 Å². The minimum absolute atomic E-state index is 0.0694. The van der Waals surface area contributed by atoms with Gasteiger partial charge in [0.1, 0.15) is 0 Å². The molecular formula is C23H30N2O4S. The van der Waals surface area contributed by atoms with Crippen LogP contribution in [0.4, 0.5) is 0 Å². The van der Waals surface area contributed by atoms with Gasteiger partial charge in [0.25, 0.3) is 5.91 Å². The Labute approximate surface area is 179 Å². The van der Waals surface area contributed by atoms with Gasteiger partial charge in [-0.1, -0.05) is 56.3 Å². The van der Waals surface area contributed by atoms with Gasteiger partial charge >= 0.3 is 0 Å². The Morgan fingerprint density at radius 1 is 1.03 bits per heavy atom. The van der Waals surface area contributed by atoms with E-state index in [1.54, 1.807) is 24.3 Å². The number of nitrogens with zero attached hydrogens (tertiary/aromatic N) is 1. The molecule has 1 aliphatic heterocycles. The third kappa shape index (κ3) is 6.14. The minimum Gasteiger partial charge on any atom is -0.379 e. The number of benzene rings is 2. The van der Waals surface area contributed by atoms with Crippen molar-refractivity contribution in [3.05, 3.63) is 71.3 Å². The molecule has 7 heteroatoms. The van der Waals surface area contributed by atoms with Gasteiger partial charge in [0.2, 0.25) is 10.0 Å². The van der Waals surface area contributed by atoms with Crippen molar-refractivity contribution >= 4 is 15.9 Å². The highest BCUT2D eigenvalue weighted by Crippen LogP contribution is 2.22. The summed E-state index contributed by atoms with van der Waals surface area (Å²) in [6.45, 7) is 5.89. The highest BCUT2D eigenvalue weighted by atomic mass is 32.2. The summed E-state index contributed by atoms with van der Waals surface area (Å²) in [5.74, 6) is 0.199. The molecule has 0 bridgehead atoms. The maximum absolute atomic E-state index is 12.8. The van der Waals surface area contributed by atoms with Gasteiger partial charge in [0.05, 0.1) is 25.0 Å². The quantitative estimate of drug-likeness (QED) is 0.697. The molecule has 3 rings (SSSR count). The molecule has 0 spiro atoms. The van der Waals surface area contributed by atoms with E-state index in [4.69, 9.17) is 4.74 Å². The zero-order valence-corrected chi connectivity index (χ0v) is 18.4. The summed E-state index contributed by atoms with van der Waals surface area (Å²) in [6, 6.07) is 16.7. The Kier molecular flexibility index (Phi) is 7.64. The Morgan fingerprint density at radius 3 is 2.27 bits per heavy atom. The largest absolute Gasteiger partial charge is 0.379 e. The van der Waals surface area contributed by atoms with Crippen molar-refractivity contribution in [2.75, 3.05) is 26.3 Å². The van der Waals surface area contributed by atoms with Crippen LogP contribution in [0.25, 0.3) is 0 Å². The molecule has 1 atom stereocenters. The lowest BCUT2D eigenvalue weighted by atomic mass is 9.96. The van der Waals surface area contributed by atoms with E-state index in [2.05, 4.69) is 19.2 Å². The number of nitrogens with one attached hydrogen (secondary N) is 1. The molecule has 1 saturated heterocycles. The minimum atomic E-state index is -3.39. The van der Waals surface area contributed by atoms with Gasteiger partial charge in [-0.25, -0.2) is 8.42 Å². The molecule has 30 heavy (non-hydrogen) atoms. The number of ether oxygens (including phenoxy) is 1. The van der Waals surface area contributed by atoms with Crippen LogP contribution >= 0.6 is 0 Å². The van der Waals surface area contributed by atoms with E-state index >= 15 is 0 Å². The molecule has 1 aliphatic rings. The molecule has 1 fully saturated rings. The average Bonchev–Trinajstić information content (AvgIpc) is 2.74. The molecule has 2 aromatic carbocycles. The van der Waals surface area contributed by atoms with Crippen molar-refractivity contribution in [3.8, 4) is 0 Å². The van der Waals surface area contributed by atoms with Gasteiger partial charge in [-0.15, -0.1) is 0 Å². The topological polar surface area (TPSA) is 75.7 Å². The third-order valence-corrected chi connectivity index (χ3v) is 6.99. The van der Waals surface area contributed by atoms with Gasteiger partial charge in [-0.05, 0) is 35.6 Å². The van der Waals surface area contributed by atoms with Crippen LogP contribution in [-0.2, 0) is 20.5 Å². The SMILES string of the molecule is CC(C)C[C@@H](NC(=O)c1ccc(CS(=O)(=O)N2CCOCC2)cc1)c1ccccc1. The van der Waals surface area contributed by atoms with Crippen molar-refractivity contribution < 1.29 is 17.9 Å². The first-order valence-electron chi connectivity index (χ1n) is 10.4. The number of amides is 1. The van der Waals surface area contributed by atoms with E-state index < -0.39 is 10.0 Å². The van der Waals surface area contributed by atoms with Gasteiger partial charge in [0.15, 0.2) is 0 Å². The van der Waals surface area contributed by atoms with Gasteiger partial charge in [0, 0.05) is 18.7 Å². The van der Waals surface area contributed by atoms with E-state index in [1.807, 2.05) is 30.3 Å². The summed E-state index contributed by atoms with van der Waals surface area (Å²) in [5, 5.41) is 3.12.